The van der Waals surface area contributed by atoms with Crippen LogP contribution in [0.5, 0.6) is 0 Å². The van der Waals surface area contributed by atoms with Gasteiger partial charge in [0.05, 0.1) is 0 Å². The first-order valence-corrected chi connectivity index (χ1v) is 24.5. The number of ether oxygens (including phenoxy) is 4. The van der Waals surface area contributed by atoms with Crippen molar-refractivity contribution in [2.75, 3.05) is 39.6 Å². The van der Waals surface area contributed by atoms with Crippen LogP contribution in [-0.4, -0.2) is 108 Å². The molecule has 0 bridgehead atoms. The minimum Gasteiger partial charge on any atom is -0.481 e. The fraction of sp³-hybridized carbons (Fsp3) is 0.857. The summed E-state index contributed by atoms with van der Waals surface area (Å²) in [5.41, 5.74) is 0. The zero-order chi connectivity index (χ0) is 48.9. The van der Waals surface area contributed by atoms with Crippen LogP contribution in [0.1, 0.15) is 227 Å². The molecule has 0 spiro atoms. The highest BCUT2D eigenvalue weighted by Crippen LogP contribution is 2.09. The number of carbonyl (C=O) groups excluding carboxylic acids is 6. The summed E-state index contributed by atoms with van der Waals surface area (Å²) in [6, 6.07) is 0. The zero-order valence-electron chi connectivity index (χ0n) is 40.8. The summed E-state index contributed by atoms with van der Waals surface area (Å²) in [4.78, 5) is 77.2. The first-order valence-electron chi connectivity index (χ1n) is 24.5. The molecular formula is C49H92O15. The van der Waals surface area contributed by atoms with Crippen molar-refractivity contribution in [3.63, 3.8) is 0 Å². The van der Waals surface area contributed by atoms with Crippen LogP contribution >= 0.6 is 0 Å². The van der Waals surface area contributed by atoms with Crippen molar-refractivity contribution >= 4 is 41.4 Å². The molecule has 0 saturated carbocycles. The Morgan fingerprint density at radius 2 is 0.609 bits per heavy atom. The number of unbranched alkanes of at least 4 members (excludes halogenated alkanes) is 20. The van der Waals surface area contributed by atoms with Gasteiger partial charge in [0.1, 0.15) is 32.5 Å². The van der Waals surface area contributed by atoms with Crippen LogP contribution in [0, 0.1) is 0 Å². The van der Waals surface area contributed by atoms with Crippen LogP contribution in [-0.2, 0) is 52.5 Å². The van der Waals surface area contributed by atoms with E-state index in [1.54, 1.807) is 0 Å². The third-order valence-electron chi connectivity index (χ3n) is 9.45. The molecule has 15 heteroatoms. The molecule has 0 aromatic rings. The lowest BCUT2D eigenvalue weighted by Gasteiger charge is -2.12. The van der Waals surface area contributed by atoms with Crippen LogP contribution in [0.25, 0.3) is 0 Å². The molecule has 0 aliphatic rings. The summed E-state index contributed by atoms with van der Waals surface area (Å²) in [7, 11) is 0. The van der Waals surface area contributed by atoms with Gasteiger partial charge in [0.25, 0.3) is 0 Å². The van der Waals surface area contributed by atoms with E-state index in [1.165, 1.54) is 57.8 Å². The number of Topliss-reactive ketones (excluding diaryl/α,β-unsaturated/α-hetero) is 2. The van der Waals surface area contributed by atoms with Crippen molar-refractivity contribution in [3.05, 3.63) is 0 Å². The second-order valence-electron chi connectivity index (χ2n) is 15.9. The van der Waals surface area contributed by atoms with Gasteiger partial charge in [0.2, 0.25) is 5.78 Å². The minimum absolute atomic E-state index is 0.114. The standard InChI is InChI=1S/C19H36O5.C19H34O5.C8H16O2.C3H6O3/c2*1-3-5-7-9-11-13-18(21)23-15-17(20)16-24-19(22)14-12-10-8-6-4-2;1-2-3-4-5-6-7-8(9)10;4-1-3(6)2-5/h17,20H,3-16H2,1-2H3;3-16H2,1-2H3;2-7H2,1H3,(H,9,10);4-5H,1-2H2. The van der Waals surface area contributed by atoms with Crippen LogP contribution < -0.4 is 0 Å². The Hall–Kier alpha value is -3.43. The molecule has 64 heavy (non-hydrogen) atoms. The number of carbonyl (C=O) groups is 7. The highest BCUT2D eigenvalue weighted by Gasteiger charge is 2.13. The monoisotopic (exact) mass is 921 g/mol. The van der Waals surface area contributed by atoms with Crippen LogP contribution in [0.2, 0.25) is 0 Å². The SMILES string of the molecule is CCCCCCCC(=O)O.CCCCCCCC(=O)OCC(=O)COC(=O)CCCCCCC.CCCCCCCC(=O)OCC(O)COC(=O)CCCCCCC.O=C(CO)CO. The van der Waals surface area contributed by atoms with Gasteiger partial charge in [-0.25, -0.2) is 0 Å². The summed E-state index contributed by atoms with van der Waals surface area (Å²) >= 11 is 0. The Balaban J connectivity index is -0.000000421. The molecule has 378 valence electrons. The molecule has 0 aromatic heterocycles. The smallest absolute Gasteiger partial charge is 0.306 e. The molecule has 0 unspecified atom stereocenters. The quantitative estimate of drug-likeness (QED) is 0.0254. The molecule has 0 aliphatic carbocycles. The van der Waals surface area contributed by atoms with Crippen molar-refractivity contribution in [1.82, 2.24) is 0 Å². The summed E-state index contributed by atoms with van der Waals surface area (Å²) in [6.07, 6.45) is 27.6. The fourth-order valence-electron chi connectivity index (χ4n) is 5.50. The molecule has 0 amide bonds. The Labute approximate surface area is 386 Å². The number of carboxylic acid groups (broad SMARTS) is 1. The topological polar surface area (TPSA) is 237 Å². The number of hydrogen-bond acceptors (Lipinski definition) is 14. The molecular weight excluding hydrogens is 829 g/mol. The maximum atomic E-state index is 11.5. The number of aliphatic hydroxyl groups is 3. The number of hydrogen-bond donors (Lipinski definition) is 4. The highest BCUT2D eigenvalue weighted by molar-refractivity contribution is 5.85. The van der Waals surface area contributed by atoms with E-state index in [4.69, 9.17) is 34.3 Å². The second-order valence-corrected chi connectivity index (χ2v) is 15.9. The van der Waals surface area contributed by atoms with E-state index in [-0.39, 0.29) is 56.1 Å². The van der Waals surface area contributed by atoms with E-state index in [2.05, 4.69) is 34.6 Å². The third kappa shape index (κ3) is 62.9. The van der Waals surface area contributed by atoms with Gasteiger partial charge in [0.15, 0.2) is 19.0 Å². The number of rotatable bonds is 40. The average molecular weight is 921 g/mol. The molecule has 0 radical (unpaired) electrons. The van der Waals surface area contributed by atoms with Gasteiger partial charge in [-0.1, -0.05) is 163 Å². The molecule has 4 N–H and O–H groups in total. The summed E-state index contributed by atoms with van der Waals surface area (Å²) in [6.45, 7) is 8.76. The van der Waals surface area contributed by atoms with Crippen molar-refractivity contribution in [3.8, 4) is 0 Å². The molecule has 0 aliphatic heterocycles. The van der Waals surface area contributed by atoms with E-state index in [1.807, 2.05) is 0 Å². The minimum atomic E-state index is -0.946. The normalized spacial score (nSPS) is 10.3. The third-order valence-corrected chi connectivity index (χ3v) is 9.45. The molecule has 0 aromatic carbocycles. The predicted octanol–water partition coefficient (Wildman–Crippen LogP) is 9.49. The molecule has 0 fully saturated rings. The average Bonchev–Trinajstić information content (AvgIpc) is 3.28. The van der Waals surface area contributed by atoms with E-state index in [9.17, 15) is 38.7 Å². The van der Waals surface area contributed by atoms with Crippen LogP contribution in [0.15, 0.2) is 0 Å². The Morgan fingerprint density at radius 3 is 0.844 bits per heavy atom. The van der Waals surface area contributed by atoms with E-state index in [0.29, 0.717) is 32.1 Å². The van der Waals surface area contributed by atoms with Crippen molar-refractivity contribution in [2.45, 2.75) is 233 Å². The van der Waals surface area contributed by atoms with Gasteiger partial charge in [-0.05, 0) is 32.1 Å². The number of esters is 4. The molecule has 0 rings (SSSR count). The second kappa shape index (κ2) is 55.7. The van der Waals surface area contributed by atoms with E-state index in [0.717, 1.165) is 103 Å². The van der Waals surface area contributed by atoms with Crippen molar-refractivity contribution in [2.24, 2.45) is 0 Å². The largest absolute Gasteiger partial charge is 0.481 e. The Morgan fingerprint density at radius 1 is 0.359 bits per heavy atom. The first-order chi connectivity index (χ1) is 30.8. The lowest BCUT2D eigenvalue weighted by Crippen LogP contribution is -2.25. The molecule has 0 saturated heterocycles. The predicted molar refractivity (Wildman–Crippen MR) is 249 cm³/mol. The Kier molecular flexibility index (Phi) is 58.5. The van der Waals surface area contributed by atoms with Crippen LogP contribution in [0.3, 0.4) is 0 Å². The maximum absolute atomic E-state index is 11.5. The number of aliphatic hydroxyl groups excluding tert-OH is 3. The zero-order valence-corrected chi connectivity index (χ0v) is 40.8. The van der Waals surface area contributed by atoms with Crippen molar-refractivity contribution < 1.29 is 72.9 Å². The fourth-order valence-corrected chi connectivity index (χ4v) is 5.50. The van der Waals surface area contributed by atoms with Gasteiger partial charge in [0, 0.05) is 32.1 Å². The van der Waals surface area contributed by atoms with Crippen LogP contribution in [0.4, 0.5) is 0 Å². The highest BCUT2D eigenvalue weighted by atomic mass is 16.6. The lowest BCUT2D eigenvalue weighted by molar-refractivity contribution is -0.153. The van der Waals surface area contributed by atoms with Gasteiger partial charge < -0.3 is 39.4 Å². The molecule has 0 atom stereocenters. The Bertz CT molecular complexity index is 1040. The molecule has 0 heterocycles. The van der Waals surface area contributed by atoms with Gasteiger partial charge in [-0.15, -0.1) is 0 Å². The summed E-state index contributed by atoms with van der Waals surface area (Å²) < 4.78 is 19.8. The number of carboxylic acids is 1. The maximum Gasteiger partial charge on any atom is 0.306 e. The number of ketones is 2. The van der Waals surface area contributed by atoms with Gasteiger partial charge in [-0.2, -0.15) is 0 Å². The number of aliphatic carboxylic acids is 1. The summed E-state index contributed by atoms with van der Waals surface area (Å²) in [5.74, 6) is -2.91. The van der Waals surface area contributed by atoms with E-state index >= 15 is 0 Å². The summed E-state index contributed by atoms with van der Waals surface area (Å²) in [5, 5.41) is 33.6. The van der Waals surface area contributed by atoms with E-state index < -0.39 is 31.1 Å². The van der Waals surface area contributed by atoms with Gasteiger partial charge in [-0.3, -0.25) is 33.6 Å². The van der Waals surface area contributed by atoms with Gasteiger partial charge >= 0.3 is 29.8 Å². The first kappa shape index (κ1) is 67.2. The van der Waals surface area contributed by atoms with Crippen molar-refractivity contribution in [1.29, 1.82) is 0 Å². The lowest BCUT2D eigenvalue weighted by atomic mass is 10.1. The molecule has 15 nitrogen and oxygen atoms in total.